The van der Waals surface area contributed by atoms with E-state index in [4.69, 9.17) is 11.5 Å². The van der Waals surface area contributed by atoms with E-state index in [-0.39, 0.29) is 11.8 Å². The Hall–Kier alpha value is -1.06. The van der Waals surface area contributed by atoms with Crippen molar-refractivity contribution in [3.8, 4) is 0 Å². The van der Waals surface area contributed by atoms with Crippen molar-refractivity contribution >= 4 is 11.8 Å². The molecule has 0 saturated carbocycles. The molecule has 0 radical (unpaired) electrons. The van der Waals surface area contributed by atoms with Gasteiger partial charge in [-0.25, -0.2) is 0 Å². The van der Waals surface area contributed by atoms with E-state index >= 15 is 0 Å². The highest BCUT2D eigenvalue weighted by Crippen LogP contribution is 2.19. The van der Waals surface area contributed by atoms with Gasteiger partial charge in [-0.05, 0) is 18.8 Å². The van der Waals surface area contributed by atoms with Crippen molar-refractivity contribution in [1.82, 2.24) is 0 Å². The van der Waals surface area contributed by atoms with Gasteiger partial charge in [-0.3, -0.25) is 9.59 Å². The van der Waals surface area contributed by atoms with Gasteiger partial charge in [0.05, 0.1) is 0 Å². The van der Waals surface area contributed by atoms with Crippen LogP contribution in [0.2, 0.25) is 0 Å². The molecular weight excluding hydrogens is 384 g/mol. The molecule has 0 aromatic rings. The normalized spacial score (nSPS) is 12.2. The van der Waals surface area contributed by atoms with Gasteiger partial charge in [-0.2, -0.15) is 0 Å². The summed E-state index contributed by atoms with van der Waals surface area (Å²) >= 11 is 0. The van der Waals surface area contributed by atoms with Crippen molar-refractivity contribution in [3.63, 3.8) is 0 Å². The molecule has 4 nitrogen and oxygen atoms in total. The Balaban J connectivity index is 3.17. The van der Waals surface area contributed by atoms with Gasteiger partial charge in [0.2, 0.25) is 11.8 Å². The van der Waals surface area contributed by atoms with Crippen LogP contribution in [0.1, 0.15) is 155 Å². The molecule has 1 unspecified atom stereocenters. The molecule has 0 aliphatic carbocycles. The van der Waals surface area contributed by atoms with Gasteiger partial charge in [-0.1, -0.05) is 129 Å². The van der Waals surface area contributed by atoms with Crippen LogP contribution >= 0.6 is 0 Å². The zero-order chi connectivity index (χ0) is 23.0. The van der Waals surface area contributed by atoms with Crippen LogP contribution < -0.4 is 11.5 Å². The van der Waals surface area contributed by atoms with Gasteiger partial charge in [0.25, 0.3) is 0 Å². The first-order valence-corrected chi connectivity index (χ1v) is 13.6. The van der Waals surface area contributed by atoms with Gasteiger partial charge in [-0.15, -0.1) is 0 Å². The topological polar surface area (TPSA) is 86.2 Å². The van der Waals surface area contributed by atoms with E-state index in [9.17, 15) is 9.59 Å². The first-order chi connectivity index (χ1) is 15.0. The van der Waals surface area contributed by atoms with Crippen LogP contribution in [-0.4, -0.2) is 11.8 Å². The highest BCUT2D eigenvalue weighted by atomic mass is 16.1. The van der Waals surface area contributed by atoms with Crippen molar-refractivity contribution in [3.05, 3.63) is 0 Å². The Morgan fingerprint density at radius 2 is 0.677 bits per heavy atom. The van der Waals surface area contributed by atoms with Crippen LogP contribution in [0.4, 0.5) is 0 Å². The summed E-state index contributed by atoms with van der Waals surface area (Å²) in [4.78, 5) is 21.3. The Bertz CT molecular complexity index is 412. The molecule has 0 aromatic heterocycles. The number of unbranched alkanes of at least 4 members (excludes halogenated alkanes) is 17. The Labute approximate surface area is 193 Å². The number of hydrogen-bond acceptors (Lipinski definition) is 2. The van der Waals surface area contributed by atoms with E-state index < -0.39 is 0 Å². The summed E-state index contributed by atoms with van der Waals surface area (Å²) in [6, 6.07) is 0. The maximum Gasteiger partial charge on any atom is 0.217 e. The fraction of sp³-hybridized carbons (Fsp3) is 0.926. The van der Waals surface area contributed by atoms with Crippen molar-refractivity contribution < 1.29 is 9.59 Å². The molecule has 0 bridgehead atoms. The Morgan fingerprint density at radius 3 is 0.935 bits per heavy atom. The number of carbonyl (C=O) groups is 2. The quantitative estimate of drug-likeness (QED) is 0.144. The van der Waals surface area contributed by atoms with Crippen molar-refractivity contribution in [2.75, 3.05) is 0 Å². The lowest BCUT2D eigenvalue weighted by molar-refractivity contribution is -0.119. The van der Waals surface area contributed by atoms with E-state index in [1.807, 2.05) is 0 Å². The minimum Gasteiger partial charge on any atom is -0.370 e. The lowest BCUT2D eigenvalue weighted by Crippen LogP contribution is -2.09. The van der Waals surface area contributed by atoms with E-state index in [0.29, 0.717) is 12.8 Å². The largest absolute Gasteiger partial charge is 0.370 e. The minimum atomic E-state index is -0.160. The molecular formula is C27H54N2O2. The van der Waals surface area contributed by atoms with E-state index in [1.54, 1.807) is 0 Å². The molecule has 0 aliphatic heterocycles. The predicted molar refractivity (Wildman–Crippen MR) is 134 cm³/mol. The lowest BCUT2D eigenvalue weighted by atomic mass is 9.95. The minimum absolute atomic E-state index is 0.160. The summed E-state index contributed by atoms with van der Waals surface area (Å²) in [5.74, 6) is 0.574. The van der Waals surface area contributed by atoms with Crippen LogP contribution in [0, 0.1) is 5.92 Å². The molecule has 0 heterocycles. The van der Waals surface area contributed by atoms with Crippen LogP contribution in [0.5, 0.6) is 0 Å². The molecule has 2 amide bonds. The molecule has 0 rings (SSSR count). The average Bonchev–Trinajstić information content (AvgIpc) is 2.72. The first kappa shape index (κ1) is 29.9. The van der Waals surface area contributed by atoms with Crippen LogP contribution in [0.3, 0.4) is 0 Å². The summed E-state index contributed by atoms with van der Waals surface area (Å²) in [5, 5.41) is 0. The molecule has 0 fully saturated rings. The third-order valence-corrected chi connectivity index (χ3v) is 6.49. The third-order valence-electron chi connectivity index (χ3n) is 6.49. The molecule has 0 spiro atoms. The van der Waals surface area contributed by atoms with Crippen LogP contribution in [0.15, 0.2) is 0 Å². The highest BCUT2D eigenvalue weighted by Gasteiger charge is 2.02. The molecule has 184 valence electrons. The number of nitrogens with two attached hydrogens (primary N) is 2. The number of primary amides is 2. The predicted octanol–water partition coefficient (Wildman–Crippen LogP) is 7.57. The van der Waals surface area contributed by atoms with Crippen LogP contribution in [0.25, 0.3) is 0 Å². The number of amides is 2. The summed E-state index contributed by atoms with van der Waals surface area (Å²) in [5.41, 5.74) is 10.3. The first-order valence-electron chi connectivity index (χ1n) is 13.6. The van der Waals surface area contributed by atoms with Gasteiger partial charge in [0.15, 0.2) is 0 Å². The summed E-state index contributed by atoms with van der Waals surface area (Å²) in [6.07, 6.45) is 28.5. The second-order valence-electron chi connectivity index (χ2n) is 9.83. The molecule has 4 N–H and O–H groups in total. The molecule has 31 heavy (non-hydrogen) atoms. The maximum absolute atomic E-state index is 10.7. The Kier molecular flexibility index (Phi) is 22.8. The summed E-state index contributed by atoms with van der Waals surface area (Å²) < 4.78 is 0. The SMILES string of the molecule is CC(CCCCCCCCCCCCC(N)=O)CCCCCCCCCCCC(N)=O. The lowest BCUT2D eigenvalue weighted by Gasteiger charge is -2.11. The molecule has 0 aliphatic rings. The van der Waals surface area contributed by atoms with E-state index in [2.05, 4.69) is 6.92 Å². The zero-order valence-electron chi connectivity index (χ0n) is 20.8. The van der Waals surface area contributed by atoms with Gasteiger partial charge in [0.1, 0.15) is 0 Å². The maximum atomic E-state index is 10.7. The second-order valence-corrected chi connectivity index (χ2v) is 9.83. The highest BCUT2D eigenvalue weighted by molar-refractivity contribution is 5.73. The van der Waals surface area contributed by atoms with Gasteiger partial charge < -0.3 is 11.5 Å². The number of hydrogen-bond donors (Lipinski definition) is 2. The van der Waals surface area contributed by atoms with E-state index in [1.165, 1.54) is 109 Å². The summed E-state index contributed by atoms with van der Waals surface area (Å²) in [7, 11) is 0. The van der Waals surface area contributed by atoms with Crippen molar-refractivity contribution in [2.45, 2.75) is 155 Å². The summed E-state index contributed by atoms with van der Waals surface area (Å²) in [6.45, 7) is 2.43. The third kappa shape index (κ3) is 26.9. The van der Waals surface area contributed by atoms with Crippen molar-refractivity contribution in [1.29, 1.82) is 0 Å². The van der Waals surface area contributed by atoms with Crippen molar-refractivity contribution in [2.24, 2.45) is 17.4 Å². The van der Waals surface area contributed by atoms with Gasteiger partial charge >= 0.3 is 0 Å². The molecule has 1 atom stereocenters. The van der Waals surface area contributed by atoms with Crippen LogP contribution in [-0.2, 0) is 9.59 Å². The zero-order valence-corrected chi connectivity index (χ0v) is 20.8. The Morgan fingerprint density at radius 1 is 0.452 bits per heavy atom. The average molecular weight is 439 g/mol. The van der Waals surface area contributed by atoms with Gasteiger partial charge in [0, 0.05) is 12.8 Å². The molecule has 0 aromatic carbocycles. The number of rotatable bonds is 25. The monoisotopic (exact) mass is 438 g/mol. The number of carbonyl (C=O) groups excluding carboxylic acids is 2. The fourth-order valence-corrected chi connectivity index (χ4v) is 4.38. The molecule has 4 heteroatoms. The second kappa shape index (κ2) is 23.6. The standard InChI is InChI=1S/C27H54N2O2/c1-25(22-18-14-10-6-4-8-12-16-20-24-27(29)31)21-17-13-9-5-2-3-7-11-15-19-23-26(28)30/h25H,2-24H2,1H3,(H2,28,30)(H2,29,31). The smallest absolute Gasteiger partial charge is 0.217 e. The fourth-order valence-electron chi connectivity index (χ4n) is 4.38. The molecule has 0 saturated heterocycles. The van der Waals surface area contributed by atoms with E-state index in [0.717, 1.165) is 31.6 Å².